The summed E-state index contributed by atoms with van der Waals surface area (Å²) in [5.41, 5.74) is 0.645. The summed E-state index contributed by atoms with van der Waals surface area (Å²) in [6, 6.07) is 4.08. The Balaban J connectivity index is 1.61. The third-order valence-corrected chi connectivity index (χ3v) is 4.75. The molecule has 0 aliphatic carbocycles. The SMILES string of the molecule is CC(CO)NC(=O)C(C)NC(=O)C1CC(=O)N(c2ccc3c(c2)OCCO3)C1. The first-order valence-corrected chi connectivity index (χ1v) is 9.30. The highest BCUT2D eigenvalue weighted by molar-refractivity contribution is 6.01. The predicted octanol–water partition coefficient (Wildman–Crippen LogP) is -0.188. The summed E-state index contributed by atoms with van der Waals surface area (Å²) in [4.78, 5) is 38.5. The Morgan fingerprint density at radius 2 is 1.93 bits per heavy atom. The van der Waals surface area contributed by atoms with E-state index in [0.29, 0.717) is 30.4 Å². The molecule has 3 atom stereocenters. The van der Waals surface area contributed by atoms with Gasteiger partial charge in [-0.3, -0.25) is 14.4 Å². The number of aliphatic hydroxyl groups excluding tert-OH is 1. The molecule has 1 fully saturated rings. The minimum Gasteiger partial charge on any atom is -0.486 e. The molecule has 1 saturated heterocycles. The van der Waals surface area contributed by atoms with Gasteiger partial charge >= 0.3 is 0 Å². The Morgan fingerprint density at radius 3 is 2.64 bits per heavy atom. The fourth-order valence-corrected chi connectivity index (χ4v) is 3.14. The van der Waals surface area contributed by atoms with Crippen molar-refractivity contribution in [3.8, 4) is 11.5 Å². The van der Waals surface area contributed by atoms with Gasteiger partial charge in [0.1, 0.15) is 19.3 Å². The smallest absolute Gasteiger partial charge is 0.242 e. The summed E-state index contributed by atoms with van der Waals surface area (Å²) in [7, 11) is 0. The number of amides is 3. The van der Waals surface area contributed by atoms with Crippen LogP contribution >= 0.6 is 0 Å². The fraction of sp³-hybridized carbons (Fsp3) is 0.526. The Bertz CT molecular complexity index is 768. The van der Waals surface area contributed by atoms with E-state index in [1.807, 2.05) is 0 Å². The number of hydrogen-bond acceptors (Lipinski definition) is 6. The lowest BCUT2D eigenvalue weighted by molar-refractivity contribution is -0.131. The second kappa shape index (κ2) is 8.47. The molecule has 9 heteroatoms. The molecule has 2 aliphatic rings. The van der Waals surface area contributed by atoms with Crippen LogP contribution in [-0.4, -0.2) is 61.3 Å². The molecule has 0 radical (unpaired) electrons. The Hall–Kier alpha value is -2.81. The normalized spacial score (nSPS) is 20.5. The Kier molecular flexibility index (Phi) is 6.03. The van der Waals surface area contributed by atoms with Crippen molar-refractivity contribution in [3.63, 3.8) is 0 Å². The maximum atomic E-state index is 12.5. The van der Waals surface area contributed by atoms with E-state index >= 15 is 0 Å². The van der Waals surface area contributed by atoms with E-state index in [2.05, 4.69) is 10.6 Å². The fourth-order valence-electron chi connectivity index (χ4n) is 3.14. The molecule has 3 unspecified atom stereocenters. The second-order valence-electron chi connectivity index (χ2n) is 7.06. The standard InChI is InChI=1S/C19H25N3O6/c1-11(10-23)20-18(25)12(2)21-19(26)13-7-17(24)22(9-13)14-3-4-15-16(8-14)28-6-5-27-15/h3-4,8,11-13,23H,5-7,9-10H2,1-2H3,(H,20,25)(H,21,26). The summed E-state index contributed by atoms with van der Waals surface area (Å²) in [5, 5.41) is 14.2. The third kappa shape index (κ3) is 4.36. The summed E-state index contributed by atoms with van der Waals surface area (Å²) >= 11 is 0. The van der Waals surface area contributed by atoms with Crippen LogP contribution in [0.15, 0.2) is 18.2 Å². The highest BCUT2D eigenvalue weighted by Gasteiger charge is 2.36. The first-order chi connectivity index (χ1) is 13.4. The molecule has 2 aliphatic heterocycles. The van der Waals surface area contributed by atoms with Gasteiger partial charge in [0.15, 0.2) is 11.5 Å². The highest BCUT2D eigenvalue weighted by Crippen LogP contribution is 2.35. The number of rotatable bonds is 6. The minimum absolute atomic E-state index is 0.0711. The zero-order valence-corrected chi connectivity index (χ0v) is 15.9. The number of hydrogen-bond donors (Lipinski definition) is 3. The number of carbonyl (C=O) groups is 3. The number of nitrogens with zero attached hydrogens (tertiary/aromatic N) is 1. The Labute approximate surface area is 163 Å². The zero-order chi connectivity index (χ0) is 20.3. The van der Waals surface area contributed by atoms with Gasteiger partial charge in [-0.15, -0.1) is 0 Å². The molecular weight excluding hydrogens is 366 g/mol. The molecule has 2 heterocycles. The van der Waals surface area contributed by atoms with Crippen LogP contribution in [0.4, 0.5) is 5.69 Å². The van der Waals surface area contributed by atoms with E-state index < -0.39 is 18.0 Å². The maximum Gasteiger partial charge on any atom is 0.242 e. The van der Waals surface area contributed by atoms with E-state index in [1.165, 1.54) is 0 Å². The van der Waals surface area contributed by atoms with E-state index in [4.69, 9.17) is 14.6 Å². The van der Waals surface area contributed by atoms with Gasteiger partial charge in [-0.2, -0.15) is 0 Å². The van der Waals surface area contributed by atoms with Crippen molar-refractivity contribution in [2.45, 2.75) is 32.4 Å². The lowest BCUT2D eigenvalue weighted by Gasteiger charge is -2.22. The highest BCUT2D eigenvalue weighted by atomic mass is 16.6. The summed E-state index contributed by atoms with van der Waals surface area (Å²) < 4.78 is 11.0. The van der Waals surface area contributed by atoms with Gasteiger partial charge < -0.3 is 30.1 Å². The van der Waals surface area contributed by atoms with Crippen molar-refractivity contribution in [3.05, 3.63) is 18.2 Å². The largest absolute Gasteiger partial charge is 0.486 e. The molecule has 3 amide bonds. The van der Waals surface area contributed by atoms with Crippen LogP contribution < -0.4 is 25.0 Å². The molecule has 9 nitrogen and oxygen atoms in total. The average molecular weight is 391 g/mol. The number of aliphatic hydroxyl groups is 1. The van der Waals surface area contributed by atoms with Gasteiger partial charge in [-0.1, -0.05) is 0 Å². The van der Waals surface area contributed by atoms with Crippen molar-refractivity contribution in [1.29, 1.82) is 0 Å². The van der Waals surface area contributed by atoms with Crippen molar-refractivity contribution >= 4 is 23.4 Å². The second-order valence-corrected chi connectivity index (χ2v) is 7.06. The first-order valence-electron chi connectivity index (χ1n) is 9.30. The van der Waals surface area contributed by atoms with Crippen molar-refractivity contribution in [2.75, 3.05) is 31.3 Å². The van der Waals surface area contributed by atoms with E-state index in [-0.39, 0.29) is 37.3 Å². The number of fused-ring (bicyclic) bond motifs is 1. The van der Waals surface area contributed by atoms with Gasteiger partial charge in [0, 0.05) is 30.8 Å². The summed E-state index contributed by atoms with van der Waals surface area (Å²) in [6.07, 6.45) is 0.0711. The maximum absolute atomic E-state index is 12.5. The predicted molar refractivity (Wildman–Crippen MR) is 100 cm³/mol. The molecule has 0 spiro atoms. The minimum atomic E-state index is -0.764. The lowest BCUT2D eigenvalue weighted by atomic mass is 10.1. The molecule has 1 aromatic carbocycles. The lowest BCUT2D eigenvalue weighted by Crippen LogP contribution is -2.49. The van der Waals surface area contributed by atoms with Gasteiger partial charge in [0.05, 0.1) is 12.5 Å². The first kappa shape index (κ1) is 19.9. The number of benzene rings is 1. The number of nitrogens with one attached hydrogen (secondary N) is 2. The zero-order valence-electron chi connectivity index (χ0n) is 15.9. The van der Waals surface area contributed by atoms with Gasteiger partial charge in [-0.05, 0) is 26.0 Å². The third-order valence-electron chi connectivity index (χ3n) is 4.75. The van der Waals surface area contributed by atoms with Crippen LogP contribution in [0.25, 0.3) is 0 Å². The van der Waals surface area contributed by atoms with Crippen LogP contribution in [0.3, 0.4) is 0 Å². The topological polar surface area (TPSA) is 117 Å². The number of carbonyl (C=O) groups excluding carboxylic acids is 3. The molecule has 0 aromatic heterocycles. The van der Waals surface area contributed by atoms with Crippen molar-refractivity contribution < 1.29 is 29.0 Å². The summed E-state index contributed by atoms with van der Waals surface area (Å²) in [5.74, 6) is -0.245. The van der Waals surface area contributed by atoms with E-state index in [1.54, 1.807) is 36.9 Å². The monoisotopic (exact) mass is 391 g/mol. The number of ether oxygens (including phenoxy) is 2. The van der Waals surface area contributed by atoms with Crippen molar-refractivity contribution in [1.82, 2.24) is 10.6 Å². The van der Waals surface area contributed by atoms with Crippen molar-refractivity contribution in [2.24, 2.45) is 5.92 Å². The van der Waals surface area contributed by atoms with E-state index in [0.717, 1.165) is 0 Å². The number of anilines is 1. The molecule has 28 heavy (non-hydrogen) atoms. The molecule has 152 valence electrons. The van der Waals surface area contributed by atoms with Gasteiger partial charge in [0.25, 0.3) is 0 Å². The molecular formula is C19H25N3O6. The summed E-state index contributed by atoms with van der Waals surface area (Å²) in [6.45, 7) is 4.20. The molecule has 3 N–H and O–H groups in total. The van der Waals surface area contributed by atoms with Crippen LogP contribution in [0.1, 0.15) is 20.3 Å². The average Bonchev–Trinajstić information content (AvgIpc) is 3.09. The van der Waals surface area contributed by atoms with Gasteiger partial charge in [-0.25, -0.2) is 0 Å². The van der Waals surface area contributed by atoms with Crippen LogP contribution in [0.5, 0.6) is 11.5 Å². The Morgan fingerprint density at radius 1 is 1.21 bits per heavy atom. The molecule has 0 bridgehead atoms. The molecule has 0 saturated carbocycles. The van der Waals surface area contributed by atoms with Crippen LogP contribution in [0.2, 0.25) is 0 Å². The quantitative estimate of drug-likeness (QED) is 0.619. The molecule has 1 aromatic rings. The van der Waals surface area contributed by atoms with Gasteiger partial charge in [0.2, 0.25) is 17.7 Å². The molecule has 3 rings (SSSR count). The van der Waals surface area contributed by atoms with Crippen LogP contribution in [0, 0.1) is 5.92 Å². The van der Waals surface area contributed by atoms with E-state index in [9.17, 15) is 14.4 Å². The van der Waals surface area contributed by atoms with Crippen LogP contribution in [-0.2, 0) is 14.4 Å².